The lowest BCUT2D eigenvalue weighted by Crippen LogP contribution is -2.17. The minimum atomic E-state index is 0.626. The molecule has 0 aliphatic rings. The van der Waals surface area contributed by atoms with E-state index in [9.17, 15) is 0 Å². The summed E-state index contributed by atoms with van der Waals surface area (Å²) < 4.78 is 10.2. The normalized spacial score (nSPS) is 11.4. The first-order valence-electron chi connectivity index (χ1n) is 7.55. The van der Waals surface area contributed by atoms with Crippen LogP contribution in [-0.4, -0.2) is 32.4 Å². The molecule has 0 atom stereocenters. The fraction of sp³-hybridized carbons (Fsp3) is 0.176. The molecular formula is C17H15N5O2. The topological polar surface area (TPSA) is 81.1 Å². The van der Waals surface area contributed by atoms with Crippen molar-refractivity contribution in [1.29, 1.82) is 0 Å². The molecule has 4 aromatic rings. The van der Waals surface area contributed by atoms with E-state index in [1.807, 2.05) is 49.5 Å². The maximum atomic E-state index is 5.42. The van der Waals surface area contributed by atoms with E-state index in [-0.39, 0.29) is 0 Å². The summed E-state index contributed by atoms with van der Waals surface area (Å²) in [5, 5.41) is 11.9. The Morgan fingerprint density at radius 2 is 1.92 bits per heavy atom. The molecule has 24 heavy (non-hydrogen) atoms. The summed E-state index contributed by atoms with van der Waals surface area (Å²) >= 11 is 0. The fourth-order valence-electron chi connectivity index (χ4n) is 2.62. The van der Waals surface area contributed by atoms with E-state index in [1.54, 1.807) is 6.20 Å². The summed E-state index contributed by atoms with van der Waals surface area (Å²) in [5.74, 6) is 0.781. The molecule has 1 aromatic carbocycles. The number of fused-ring (bicyclic) bond motifs is 1. The zero-order valence-corrected chi connectivity index (χ0v) is 13.1. The monoisotopic (exact) mass is 321 g/mol. The Labute approximate surface area is 137 Å². The molecule has 7 heteroatoms. The number of pyridine rings is 1. The van der Waals surface area contributed by atoms with E-state index in [2.05, 4.69) is 25.4 Å². The number of aromatic nitrogens is 4. The van der Waals surface area contributed by atoms with Crippen molar-refractivity contribution in [2.24, 2.45) is 0 Å². The third-order valence-electron chi connectivity index (χ3n) is 3.72. The van der Waals surface area contributed by atoms with Crippen molar-refractivity contribution < 1.29 is 9.15 Å². The van der Waals surface area contributed by atoms with Gasteiger partial charge in [0.2, 0.25) is 0 Å². The van der Waals surface area contributed by atoms with E-state index in [1.165, 1.54) is 0 Å². The van der Waals surface area contributed by atoms with E-state index in [4.69, 9.17) is 9.15 Å². The molecule has 0 radical (unpaired) electrons. The van der Waals surface area contributed by atoms with Gasteiger partial charge in [-0.25, -0.2) is 4.63 Å². The van der Waals surface area contributed by atoms with Crippen molar-refractivity contribution >= 4 is 11.0 Å². The van der Waals surface area contributed by atoms with Gasteiger partial charge in [0.05, 0.1) is 12.2 Å². The Morgan fingerprint density at radius 1 is 0.958 bits per heavy atom. The van der Waals surface area contributed by atoms with Crippen molar-refractivity contribution in [1.82, 2.24) is 25.4 Å². The van der Waals surface area contributed by atoms with Crippen LogP contribution < -0.4 is 0 Å². The minimum Gasteiger partial charge on any atom is -0.359 e. The molecule has 4 rings (SSSR count). The van der Waals surface area contributed by atoms with Gasteiger partial charge in [-0.2, -0.15) is 0 Å². The highest BCUT2D eigenvalue weighted by Gasteiger charge is 2.12. The smallest absolute Gasteiger partial charge is 0.151 e. The molecule has 0 fully saturated rings. The van der Waals surface area contributed by atoms with E-state index < -0.39 is 0 Å². The second kappa shape index (κ2) is 6.21. The highest BCUT2D eigenvalue weighted by molar-refractivity contribution is 5.76. The lowest BCUT2D eigenvalue weighted by atomic mass is 10.1. The van der Waals surface area contributed by atoms with Gasteiger partial charge >= 0.3 is 0 Å². The van der Waals surface area contributed by atoms with Crippen molar-refractivity contribution in [3.8, 4) is 11.4 Å². The van der Waals surface area contributed by atoms with Crippen molar-refractivity contribution in [3.05, 3.63) is 60.0 Å². The lowest BCUT2D eigenvalue weighted by Gasteiger charge is -2.14. The Bertz CT molecular complexity index is 948. The number of nitrogens with zero attached hydrogens (tertiary/aromatic N) is 5. The second-order valence-corrected chi connectivity index (χ2v) is 5.61. The van der Waals surface area contributed by atoms with Crippen LogP contribution in [-0.2, 0) is 13.1 Å². The molecule has 0 saturated carbocycles. The molecule has 7 nitrogen and oxygen atoms in total. The van der Waals surface area contributed by atoms with Crippen molar-refractivity contribution in [2.75, 3.05) is 7.05 Å². The van der Waals surface area contributed by atoms with Crippen LogP contribution in [0.4, 0.5) is 0 Å². The standard InChI is InChI=1S/C17H15N5O2/c1-22(10-12-5-4-7-15-17(12)21-24-20-15)11-13-9-16(19-23-13)14-6-2-3-8-18-14/h2-9H,10-11H2,1H3. The van der Waals surface area contributed by atoms with Gasteiger partial charge in [-0.15, -0.1) is 0 Å². The van der Waals surface area contributed by atoms with Crippen molar-refractivity contribution in [2.45, 2.75) is 13.1 Å². The Morgan fingerprint density at radius 3 is 2.79 bits per heavy atom. The van der Waals surface area contributed by atoms with Gasteiger partial charge in [-0.1, -0.05) is 23.4 Å². The fourth-order valence-corrected chi connectivity index (χ4v) is 2.62. The molecule has 0 amide bonds. The third kappa shape index (κ3) is 2.89. The van der Waals surface area contributed by atoms with Crippen LogP contribution in [0.5, 0.6) is 0 Å². The SMILES string of the molecule is CN(Cc1cc(-c2ccccn2)no1)Cc1cccc2nonc12. The molecule has 0 saturated heterocycles. The molecule has 0 aliphatic carbocycles. The Kier molecular flexibility index (Phi) is 3.76. The summed E-state index contributed by atoms with van der Waals surface area (Å²) in [4.78, 5) is 6.39. The van der Waals surface area contributed by atoms with Crippen LogP contribution >= 0.6 is 0 Å². The van der Waals surface area contributed by atoms with Crippen molar-refractivity contribution in [3.63, 3.8) is 0 Å². The van der Waals surface area contributed by atoms with Gasteiger partial charge in [0.15, 0.2) is 5.76 Å². The number of hydrogen-bond donors (Lipinski definition) is 0. The molecular weight excluding hydrogens is 306 g/mol. The first-order chi connectivity index (χ1) is 11.8. The molecule has 0 unspecified atom stereocenters. The summed E-state index contributed by atoms with van der Waals surface area (Å²) in [6.45, 7) is 1.33. The number of hydrogen-bond acceptors (Lipinski definition) is 7. The molecule has 0 N–H and O–H groups in total. The van der Waals surface area contributed by atoms with Crippen LogP contribution in [0, 0.1) is 0 Å². The lowest BCUT2D eigenvalue weighted by molar-refractivity contribution is 0.267. The first kappa shape index (κ1) is 14.5. The van der Waals surface area contributed by atoms with Crippen LogP contribution in [0.3, 0.4) is 0 Å². The third-order valence-corrected chi connectivity index (χ3v) is 3.72. The van der Waals surface area contributed by atoms with E-state index in [0.717, 1.165) is 33.7 Å². The maximum absolute atomic E-state index is 5.42. The van der Waals surface area contributed by atoms with Gasteiger partial charge in [-0.3, -0.25) is 9.88 Å². The Hall–Kier alpha value is -3.06. The van der Waals surface area contributed by atoms with Gasteiger partial charge in [-0.05, 0) is 41.1 Å². The van der Waals surface area contributed by atoms with Gasteiger partial charge in [0, 0.05) is 18.8 Å². The molecule has 120 valence electrons. The largest absolute Gasteiger partial charge is 0.359 e. The molecule has 3 aromatic heterocycles. The second-order valence-electron chi connectivity index (χ2n) is 5.61. The quantitative estimate of drug-likeness (QED) is 0.559. The molecule has 3 heterocycles. The zero-order valence-electron chi connectivity index (χ0n) is 13.1. The van der Waals surface area contributed by atoms with E-state index >= 15 is 0 Å². The molecule has 0 bridgehead atoms. The summed E-state index contributed by atoms with van der Waals surface area (Å²) in [6.07, 6.45) is 1.74. The highest BCUT2D eigenvalue weighted by atomic mass is 16.6. The summed E-state index contributed by atoms with van der Waals surface area (Å²) in [6, 6.07) is 13.5. The zero-order chi connectivity index (χ0) is 16.4. The predicted molar refractivity (Wildman–Crippen MR) is 86.7 cm³/mol. The van der Waals surface area contributed by atoms with Crippen LogP contribution in [0.1, 0.15) is 11.3 Å². The summed E-state index contributed by atoms with van der Waals surface area (Å²) in [5.41, 5.74) is 4.14. The van der Waals surface area contributed by atoms with Crippen LogP contribution in [0.25, 0.3) is 22.4 Å². The minimum absolute atomic E-state index is 0.626. The number of rotatable bonds is 5. The first-order valence-corrected chi connectivity index (χ1v) is 7.55. The highest BCUT2D eigenvalue weighted by Crippen LogP contribution is 2.19. The summed E-state index contributed by atoms with van der Waals surface area (Å²) in [7, 11) is 2.01. The number of benzene rings is 1. The van der Waals surface area contributed by atoms with Crippen LogP contribution in [0.15, 0.2) is 57.8 Å². The van der Waals surface area contributed by atoms with Gasteiger partial charge < -0.3 is 4.52 Å². The van der Waals surface area contributed by atoms with Gasteiger partial charge in [0.25, 0.3) is 0 Å². The van der Waals surface area contributed by atoms with Gasteiger partial charge in [0.1, 0.15) is 16.7 Å². The predicted octanol–water partition coefficient (Wildman–Crippen LogP) is 2.90. The van der Waals surface area contributed by atoms with Crippen LogP contribution in [0.2, 0.25) is 0 Å². The van der Waals surface area contributed by atoms with E-state index in [0.29, 0.717) is 13.1 Å². The maximum Gasteiger partial charge on any atom is 0.151 e. The Balaban J connectivity index is 1.48. The average molecular weight is 321 g/mol. The molecule has 0 aliphatic heterocycles. The molecule has 0 spiro atoms. The average Bonchev–Trinajstić information content (AvgIpc) is 3.25.